The highest BCUT2D eigenvalue weighted by Crippen LogP contribution is 2.38. The van der Waals surface area contributed by atoms with Crippen molar-refractivity contribution in [3.8, 4) is 27.6 Å². The second-order valence-electron chi connectivity index (χ2n) is 9.80. The molecule has 0 spiro atoms. The average molecular weight is 556 g/mol. The highest BCUT2D eigenvalue weighted by atomic mass is 32.1. The van der Waals surface area contributed by atoms with Crippen LogP contribution in [0.15, 0.2) is 47.8 Å². The van der Waals surface area contributed by atoms with Gasteiger partial charge in [0.2, 0.25) is 0 Å². The van der Waals surface area contributed by atoms with Gasteiger partial charge < -0.3 is 25.6 Å². The van der Waals surface area contributed by atoms with E-state index in [1.54, 1.807) is 12.1 Å². The van der Waals surface area contributed by atoms with E-state index < -0.39 is 0 Å². The molecule has 5 rings (SSSR count). The van der Waals surface area contributed by atoms with Gasteiger partial charge in [-0.3, -0.25) is 9.59 Å². The molecule has 9 heteroatoms. The van der Waals surface area contributed by atoms with Crippen LogP contribution in [0.4, 0.5) is 5.69 Å². The summed E-state index contributed by atoms with van der Waals surface area (Å²) < 4.78 is 0. The molecule has 2 amide bonds. The number of carbonyl (C=O) groups excluding carboxylic acids is 2. The van der Waals surface area contributed by atoms with Crippen LogP contribution in [0.25, 0.3) is 33.5 Å². The number of thiazole rings is 1. The van der Waals surface area contributed by atoms with E-state index in [0.717, 1.165) is 69.7 Å². The van der Waals surface area contributed by atoms with Gasteiger partial charge in [0.1, 0.15) is 10.8 Å². The van der Waals surface area contributed by atoms with Crippen molar-refractivity contribution in [1.29, 1.82) is 0 Å². The number of aryl methyl sites for hydroxylation is 1. The zero-order valence-corrected chi connectivity index (χ0v) is 23.9. The summed E-state index contributed by atoms with van der Waals surface area (Å²) in [4.78, 5) is 36.4. The van der Waals surface area contributed by atoms with Crippen molar-refractivity contribution in [1.82, 2.24) is 20.2 Å². The predicted molar refractivity (Wildman–Crippen MR) is 162 cm³/mol. The van der Waals surface area contributed by atoms with E-state index >= 15 is 0 Å². The molecular weight excluding hydrogens is 522 g/mol. The Morgan fingerprint density at radius 2 is 1.82 bits per heavy atom. The molecule has 4 aromatic rings. The number of amides is 2. The molecule has 40 heavy (non-hydrogen) atoms. The SMILES string of the molecule is CCN(CC)CCNC(=O)c1c(C)[nH]c(C=C2C(=O)Nc3ccc(-c4csc(-c5ccc(O)cc5)n4)cc32)c1C. The number of H-pyrrole nitrogens is 1. The zero-order valence-electron chi connectivity index (χ0n) is 23.1. The van der Waals surface area contributed by atoms with E-state index in [1.165, 1.54) is 11.3 Å². The standard InChI is InChI=1S/C31H33N5O3S/c1-5-36(6-2)14-13-32-30(39)28-18(3)26(33-19(28)4)16-24-23-15-21(9-12-25(23)34-29(24)38)27-17-40-31(35-27)20-7-10-22(37)11-8-20/h7-12,15-17,33,37H,5-6,13-14H2,1-4H3,(H,32,39)(H,34,38). The Morgan fingerprint density at radius 1 is 1.10 bits per heavy atom. The van der Waals surface area contributed by atoms with Crippen LogP contribution in [-0.2, 0) is 4.79 Å². The van der Waals surface area contributed by atoms with Gasteiger partial charge in [0, 0.05) is 52.2 Å². The van der Waals surface area contributed by atoms with Gasteiger partial charge >= 0.3 is 0 Å². The van der Waals surface area contributed by atoms with Gasteiger partial charge in [-0.05, 0) is 75.0 Å². The van der Waals surface area contributed by atoms with E-state index in [1.807, 2.05) is 55.6 Å². The first-order chi connectivity index (χ1) is 19.3. The normalized spacial score (nSPS) is 13.6. The number of likely N-dealkylation sites (N-methyl/N-ethyl adjacent to an activating group) is 1. The maximum atomic E-state index is 13.0. The van der Waals surface area contributed by atoms with Crippen molar-refractivity contribution in [2.75, 3.05) is 31.5 Å². The van der Waals surface area contributed by atoms with Crippen molar-refractivity contribution < 1.29 is 14.7 Å². The molecule has 0 fully saturated rings. The Bertz CT molecular complexity index is 1600. The molecule has 0 unspecified atom stereocenters. The molecule has 0 bridgehead atoms. The third-order valence-electron chi connectivity index (χ3n) is 7.32. The predicted octanol–water partition coefficient (Wildman–Crippen LogP) is 5.69. The number of rotatable bonds is 9. The summed E-state index contributed by atoms with van der Waals surface area (Å²) in [6, 6.07) is 12.8. The second-order valence-corrected chi connectivity index (χ2v) is 10.7. The van der Waals surface area contributed by atoms with Crippen LogP contribution in [0.1, 0.15) is 46.7 Å². The number of phenolic OH excluding ortho intramolecular Hbond substituents is 1. The number of carbonyl (C=O) groups is 2. The number of nitrogens with zero attached hydrogens (tertiary/aromatic N) is 2. The summed E-state index contributed by atoms with van der Waals surface area (Å²) in [5.74, 6) is -0.0900. The fraction of sp³-hybridized carbons (Fsp3) is 0.258. The van der Waals surface area contributed by atoms with E-state index in [-0.39, 0.29) is 17.6 Å². The summed E-state index contributed by atoms with van der Waals surface area (Å²) in [5, 5.41) is 18.4. The minimum atomic E-state index is -0.188. The summed E-state index contributed by atoms with van der Waals surface area (Å²) >= 11 is 1.52. The van der Waals surface area contributed by atoms with Gasteiger partial charge in [0.25, 0.3) is 11.8 Å². The van der Waals surface area contributed by atoms with Crippen LogP contribution in [0, 0.1) is 13.8 Å². The molecule has 0 saturated heterocycles. The number of aromatic nitrogens is 2. The summed E-state index contributed by atoms with van der Waals surface area (Å²) in [6.45, 7) is 11.3. The molecule has 8 nitrogen and oxygen atoms in total. The van der Waals surface area contributed by atoms with Crippen molar-refractivity contribution in [3.63, 3.8) is 0 Å². The quantitative estimate of drug-likeness (QED) is 0.198. The van der Waals surface area contributed by atoms with Gasteiger partial charge in [0.15, 0.2) is 0 Å². The Labute approximate surface area is 237 Å². The number of aromatic hydroxyl groups is 1. The molecule has 3 heterocycles. The van der Waals surface area contributed by atoms with Gasteiger partial charge in [-0.15, -0.1) is 11.3 Å². The zero-order chi connectivity index (χ0) is 28.4. The lowest BCUT2D eigenvalue weighted by atomic mass is 10.0. The van der Waals surface area contributed by atoms with Gasteiger partial charge in [-0.2, -0.15) is 0 Å². The third kappa shape index (κ3) is 5.43. The lowest BCUT2D eigenvalue weighted by molar-refractivity contribution is -0.110. The number of fused-ring (bicyclic) bond motifs is 1. The smallest absolute Gasteiger partial charge is 0.256 e. The Kier molecular flexibility index (Phi) is 7.86. The van der Waals surface area contributed by atoms with Crippen LogP contribution in [0.5, 0.6) is 5.75 Å². The van der Waals surface area contributed by atoms with Crippen molar-refractivity contribution in [2.24, 2.45) is 0 Å². The van der Waals surface area contributed by atoms with Crippen LogP contribution in [0.3, 0.4) is 0 Å². The fourth-order valence-electron chi connectivity index (χ4n) is 4.99. The summed E-state index contributed by atoms with van der Waals surface area (Å²) in [5.41, 5.74) is 7.62. The molecule has 2 aromatic carbocycles. The highest BCUT2D eigenvalue weighted by Gasteiger charge is 2.26. The number of hydrogen-bond acceptors (Lipinski definition) is 6. The first kappa shape index (κ1) is 27.4. The molecule has 1 aliphatic heterocycles. The molecule has 0 radical (unpaired) electrons. The molecule has 0 aliphatic carbocycles. The van der Waals surface area contributed by atoms with E-state index in [9.17, 15) is 14.7 Å². The van der Waals surface area contributed by atoms with Crippen molar-refractivity contribution >= 4 is 40.5 Å². The third-order valence-corrected chi connectivity index (χ3v) is 8.21. The second kappa shape index (κ2) is 11.5. The molecule has 4 N–H and O–H groups in total. The first-order valence-electron chi connectivity index (χ1n) is 13.4. The van der Waals surface area contributed by atoms with Gasteiger partial charge in [0.05, 0.1) is 16.8 Å². The van der Waals surface area contributed by atoms with E-state index in [0.29, 0.717) is 17.7 Å². The molecule has 0 atom stereocenters. The number of phenols is 1. The van der Waals surface area contributed by atoms with Gasteiger partial charge in [-0.1, -0.05) is 19.9 Å². The Hall–Kier alpha value is -4.21. The lowest BCUT2D eigenvalue weighted by Crippen LogP contribution is -2.35. The first-order valence-corrected chi connectivity index (χ1v) is 14.3. The molecule has 1 aliphatic rings. The van der Waals surface area contributed by atoms with Crippen LogP contribution < -0.4 is 10.6 Å². The largest absolute Gasteiger partial charge is 0.508 e. The number of benzene rings is 2. The average Bonchev–Trinajstić information content (AvgIpc) is 3.63. The van der Waals surface area contributed by atoms with Gasteiger partial charge in [-0.25, -0.2) is 4.98 Å². The van der Waals surface area contributed by atoms with Crippen molar-refractivity contribution in [3.05, 3.63) is 75.9 Å². The number of anilines is 1. The van der Waals surface area contributed by atoms with E-state index in [2.05, 4.69) is 34.4 Å². The highest BCUT2D eigenvalue weighted by molar-refractivity contribution is 7.13. The number of hydrogen-bond donors (Lipinski definition) is 4. The molecule has 0 saturated carbocycles. The van der Waals surface area contributed by atoms with Crippen LogP contribution in [-0.4, -0.2) is 58.0 Å². The maximum absolute atomic E-state index is 13.0. The Morgan fingerprint density at radius 3 is 2.55 bits per heavy atom. The minimum Gasteiger partial charge on any atom is -0.508 e. The molecular formula is C31H33N5O3S. The van der Waals surface area contributed by atoms with E-state index in [4.69, 9.17) is 4.98 Å². The number of nitrogens with one attached hydrogen (secondary N) is 3. The number of aromatic amines is 1. The molecule has 206 valence electrons. The van der Waals surface area contributed by atoms with Crippen molar-refractivity contribution in [2.45, 2.75) is 27.7 Å². The molecule has 2 aromatic heterocycles. The maximum Gasteiger partial charge on any atom is 0.256 e. The van der Waals surface area contributed by atoms with Crippen LogP contribution in [0.2, 0.25) is 0 Å². The lowest BCUT2D eigenvalue weighted by Gasteiger charge is -2.18. The van der Waals surface area contributed by atoms with Crippen LogP contribution >= 0.6 is 11.3 Å². The summed E-state index contributed by atoms with van der Waals surface area (Å²) in [6.07, 6.45) is 1.82. The monoisotopic (exact) mass is 555 g/mol. The fourth-order valence-corrected chi connectivity index (χ4v) is 5.83. The topological polar surface area (TPSA) is 110 Å². The summed E-state index contributed by atoms with van der Waals surface area (Å²) in [7, 11) is 0. The Balaban J connectivity index is 1.40. The minimum absolute atomic E-state index is 0.116.